The van der Waals surface area contributed by atoms with Crippen LogP contribution in [-0.4, -0.2) is 35.6 Å². The van der Waals surface area contributed by atoms with Gasteiger partial charge in [-0.1, -0.05) is 0 Å². The summed E-state index contributed by atoms with van der Waals surface area (Å²) in [6.07, 6.45) is -0.124. The zero-order chi connectivity index (χ0) is 14.9. The number of hydrogen-bond donors (Lipinski definition) is 1. The van der Waals surface area contributed by atoms with Gasteiger partial charge >= 0.3 is 5.97 Å². The van der Waals surface area contributed by atoms with Gasteiger partial charge in [-0.05, 0) is 6.07 Å². The first kappa shape index (κ1) is 13.8. The Morgan fingerprint density at radius 2 is 2.25 bits per heavy atom. The van der Waals surface area contributed by atoms with Crippen molar-refractivity contribution < 1.29 is 24.4 Å². The van der Waals surface area contributed by atoms with Gasteiger partial charge in [0, 0.05) is 25.1 Å². The Labute approximate surface area is 113 Å². The number of amides is 1. The summed E-state index contributed by atoms with van der Waals surface area (Å²) in [5, 5.41) is 19.7. The molecule has 8 heteroatoms. The third-order valence-electron chi connectivity index (χ3n) is 3.14. The normalized spacial score (nSPS) is 18.1. The van der Waals surface area contributed by atoms with Gasteiger partial charge in [0.25, 0.3) is 5.69 Å². The molecule has 1 amide bonds. The largest absolute Gasteiger partial charge is 0.495 e. The molecular formula is C12H12N2O6. The highest BCUT2D eigenvalue weighted by molar-refractivity contribution is 6.00. The number of carbonyl (C=O) groups excluding carboxylic acids is 1. The Morgan fingerprint density at radius 3 is 2.75 bits per heavy atom. The number of nitrogens with zero attached hydrogens (tertiary/aromatic N) is 2. The van der Waals surface area contributed by atoms with E-state index in [2.05, 4.69) is 0 Å². The summed E-state index contributed by atoms with van der Waals surface area (Å²) in [4.78, 5) is 34.2. The number of nitro groups is 1. The van der Waals surface area contributed by atoms with Crippen LogP contribution in [0.25, 0.3) is 0 Å². The lowest BCUT2D eigenvalue weighted by Gasteiger charge is -2.18. The summed E-state index contributed by atoms with van der Waals surface area (Å²) in [5.74, 6) is -1.98. The number of carbonyl (C=O) groups is 2. The van der Waals surface area contributed by atoms with Gasteiger partial charge in [-0.15, -0.1) is 0 Å². The standard InChI is InChI=1S/C12H12N2O6/c1-20-10-3-2-8(14(18)19)5-9(10)13-6-7(12(16)17)4-11(13)15/h2-3,5,7H,4,6H2,1H3,(H,16,17). The topological polar surface area (TPSA) is 110 Å². The number of nitro benzene ring substituents is 1. The molecule has 1 aliphatic heterocycles. The first-order chi connectivity index (χ1) is 9.43. The zero-order valence-corrected chi connectivity index (χ0v) is 10.6. The molecular weight excluding hydrogens is 268 g/mol. The van der Waals surface area contributed by atoms with E-state index >= 15 is 0 Å². The molecule has 1 fully saturated rings. The van der Waals surface area contributed by atoms with Crippen molar-refractivity contribution in [3.8, 4) is 5.75 Å². The van der Waals surface area contributed by atoms with Crippen LogP contribution < -0.4 is 9.64 Å². The number of carboxylic acids is 1. The van der Waals surface area contributed by atoms with E-state index in [4.69, 9.17) is 9.84 Å². The van der Waals surface area contributed by atoms with E-state index in [1.807, 2.05) is 0 Å². The van der Waals surface area contributed by atoms with E-state index in [1.54, 1.807) is 0 Å². The van der Waals surface area contributed by atoms with Crippen LogP contribution in [0.5, 0.6) is 5.75 Å². The number of aliphatic carboxylic acids is 1. The van der Waals surface area contributed by atoms with Gasteiger partial charge in [0.15, 0.2) is 0 Å². The molecule has 20 heavy (non-hydrogen) atoms. The van der Waals surface area contributed by atoms with Gasteiger partial charge in [0.1, 0.15) is 5.75 Å². The number of ether oxygens (including phenoxy) is 1. The molecule has 1 aromatic carbocycles. The fourth-order valence-corrected chi connectivity index (χ4v) is 2.11. The fraction of sp³-hybridized carbons (Fsp3) is 0.333. The number of non-ortho nitro benzene ring substituents is 1. The van der Waals surface area contributed by atoms with E-state index in [0.717, 1.165) is 0 Å². The van der Waals surface area contributed by atoms with Crippen LogP contribution in [0.1, 0.15) is 6.42 Å². The maximum atomic E-state index is 11.9. The Morgan fingerprint density at radius 1 is 1.55 bits per heavy atom. The van der Waals surface area contributed by atoms with Gasteiger partial charge in [-0.25, -0.2) is 0 Å². The molecule has 1 unspecified atom stereocenters. The summed E-state index contributed by atoms with van der Waals surface area (Å²) in [6, 6.07) is 3.85. The Kier molecular flexibility index (Phi) is 3.55. The molecule has 1 aliphatic rings. The molecule has 0 bridgehead atoms. The summed E-state index contributed by atoms with van der Waals surface area (Å²) in [7, 11) is 1.37. The molecule has 2 rings (SSSR count). The number of benzene rings is 1. The van der Waals surface area contributed by atoms with Crippen molar-refractivity contribution >= 4 is 23.3 Å². The van der Waals surface area contributed by atoms with Gasteiger partial charge in [0.05, 0.1) is 23.6 Å². The van der Waals surface area contributed by atoms with Crippen LogP contribution in [0, 0.1) is 16.0 Å². The number of rotatable bonds is 4. The summed E-state index contributed by atoms with van der Waals surface area (Å²) >= 11 is 0. The molecule has 0 spiro atoms. The highest BCUT2D eigenvalue weighted by Crippen LogP contribution is 2.35. The summed E-state index contributed by atoms with van der Waals surface area (Å²) in [5.41, 5.74) is 0.0304. The fourth-order valence-electron chi connectivity index (χ4n) is 2.11. The van der Waals surface area contributed by atoms with Crippen molar-refractivity contribution in [2.75, 3.05) is 18.6 Å². The average molecular weight is 280 g/mol. The molecule has 1 heterocycles. The van der Waals surface area contributed by atoms with Crippen molar-refractivity contribution in [3.05, 3.63) is 28.3 Å². The summed E-state index contributed by atoms with van der Waals surface area (Å²) < 4.78 is 5.07. The smallest absolute Gasteiger partial charge is 0.308 e. The van der Waals surface area contributed by atoms with Crippen LogP contribution in [0.15, 0.2) is 18.2 Å². The number of methoxy groups -OCH3 is 1. The number of hydrogen-bond acceptors (Lipinski definition) is 5. The highest BCUT2D eigenvalue weighted by atomic mass is 16.6. The maximum absolute atomic E-state index is 11.9. The number of carboxylic acid groups (broad SMARTS) is 1. The predicted octanol–water partition coefficient (Wildman–Crippen LogP) is 1.04. The predicted molar refractivity (Wildman–Crippen MR) is 67.7 cm³/mol. The first-order valence-electron chi connectivity index (χ1n) is 5.79. The molecule has 1 saturated heterocycles. The van der Waals surface area contributed by atoms with Crippen LogP contribution in [0.2, 0.25) is 0 Å². The lowest BCUT2D eigenvalue weighted by Crippen LogP contribution is -2.26. The van der Waals surface area contributed by atoms with Crippen LogP contribution >= 0.6 is 0 Å². The lowest BCUT2D eigenvalue weighted by molar-refractivity contribution is -0.384. The van der Waals surface area contributed by atoms with Crippen LogP contribution in [0.4, 0.5) is 11.4 Å². The molecule has 1 aromatic rings. The Bertz CT molecular complexity index is 585. The Balaban J connectivity index is 2.40. The van der Waals surface area contributed by atoms with E-state index < -0.39 is 22.7 Å². The third kappa shape index (κ3) is 2.40. The second-order valence-electron chi connectivity index (χ2n) is 4.36. The van der Waals surface area contributed by atoms with Crippen molar-refractivity contribution in [3.63, 3.8) is 0 Å². The minimum absolute atomic E-state index is 0.0221. The van der Waals surface area contributed by atoms with Crippen LogP contribution in [-0.2, 0) is 9.59 Å². The molecule has 0 aliphatic carbocycles. The molecule has 0 aromatic heterocycles. The van der Waals surface area contributed by atoms with Crippen LogP contribution in [0.3, 0.4) is 0 Å². The highest BCUT2D eigenvalue weighted by Gasteiger charge is 2.36. The second-order valence-corrected chi connectivity index (χ2v) is 4.36. The molecule has 1 atom stereocenters. The average Bonchev–Trinajstić information content (AvgIpc) is 2.80. The quantitative estimate of drug-likeness (QED) is 0.651. The van der Waals surface area contributed by atoms with Crippen molar-refractivity contribution in [1.29, 1.82) is 0 Å². The van der Waals surface area contributed by atoms with E-state index in [-0.39, 0.29) is 30.1 Å². The van der Waals surface area contributed by atoms with Gasteiger partial charge in [-0.2, -0.15) is 0 Å². The zero-order valence-electron chi connectivity index (χ0n) is 10.6. The van der Waals surface area contributed by atoms with Crippen molar-refractivity contribution in [2.24, 2.45) is 5.92 Å². The van der Waals surface area contributed by atoms with Gasteiger partial charge < -0.3 is 14.7 Å². The van der Waals surface area contributed by atoms with Crippen molar-refractivity contribution in [2.45, 2.75) is 6.42 Å². The number of anilines is 1. The molecule has 106 valence electrons. The summed E-state index contributed by atoms with van der Waals surface area (Å²) in [6.45, 7) is -0.0221. The first-order valence-corrected chi connectivity index (χ1v) is 5.79. The van der Waals surface area contributed by atoms with E-state index in [1.165, 1.54) is 30.2 Å². The van der Waals surface area contributed by atoms with E-state index in [0.29, 0.717) is 0 Å². The van der Waals surface area contributed by atoms with Crippen molar-refractivity contribution in [1.82, 2.24) is 0 Å². The van der Waals surface area contributed by atoms with Gasteiger partial charge in [0.2, 0.25) is 5.91 Å². The minimum Gasteiger partial charge on any atom is -0.495 e. The monoisotopic (exact) mass is 280 g/mol. The maximum Gasteiger partial charge on any atom is 0.308 e. The SMILES string of the molecule is COc1ccc([N+](=O)[O-])cc1N1CC(C(=O)O)CC1=O. The third-order valence-corrected chi connectivity index (χ3v) is 3.14. The molecule has 8 nitrogen and oxygen atoms in total. The lowest BCUT2D eigenvalue weighted by atomic mass is 10.1. The molecule has 0 saturated carbocycles. The minimum atomic E-state index is -1.06. The molecule has 0 radical (unpaired) electrons. The molecule has 1 N–H and O–H groups in total. The second kappa shape index (κ2) is 5.16. The van der Waals surface area contributed by atoms with Gasteiger partial charge in [-0.3, -0.25) is 19.7 Å². The van der Waals surface area contributed by atoms with E-state index in [9.17, 15) is 19.7 Å². The Hall–Kier alpha value is -2.64.